The van der Waals surface area contributed by atoms with E-state index in [9.17, 15) is 20.4 Å². The lowest BCUT2D eigenvalue weighted by molar-refractivity contribution is -0.0242. The predicted octanol–water partition coefficient (Wildman–Crippen LogP) is -0.219. The van der Waals surface area contributed by atoms with Crippen LogP contribution in [0.2, 0.25) is 0 Å². The Kier molecular flexibility index (Phi) is 8.72. The zero-order chi connectivity index (χ0) is 13.4. The highest BCUT2D eigenvalue weighted by Crippen LogP contribution is 2.13. The van der Waals surface area contributed by atoms with Gasteiger partial charge in [-0.3, -0.25) is 0 Å². The Morgan fingerprint density at radius 2 is 1.00 bits per heavy atom. The van der Waals surface area contributed by atoms with Gasteiger partial charge in [-0.2, -0.15) is 0 Å². The Morgan fingerprint density at radius 1 is 0.647 bits per heavy atom. The van der Waals surface area contributed by atoms with Gasteiger partial charge in [-0.25, -0.2) is 0 Å². The van der Waals surface area contributed by atoms with E-state index in [0.29, 0.717) is 19.3 Å². The van der Waals surface area contributed by atoms with Crippen LogP contribution in [0.4, 0.5) is 0 Å². The molecule has 0 rings (SSSR count). The number of hydrogen-bond acceptors (Lipinski definition) is 5. The van der Waals surface area contributed by atoms with Gasteiger partial charge in [0.1, 0.15) is 0 Å². The minimum absolute atomic E-state index is 0.235. The van der Waals surface area contributed by atoms with Crippen molar-refractivity contribution in [2.75, 3.05) is 0 Å². The lowest BCUT2D eigenvalue weighted by Crippen LogP contribution is -2.31. The molecule has 17 heavy (non-hydrogen) atoms. The van der Waals surface area contributed by atoms with Gasteiger partial charge in [-0.1, -0.05) is 6.92 Å². The molecule has 5 heteroatoms. The van der Waals surface area contributed by atoms with Gasteiger partial charge < -0.3 is 25.5 Å². The third-order valence-electron chi connectivity index (χ3n) is 2.94. The minimum atomic E-state index is -0.924. The van der Waals surface area contributed by atoms with E-state index in [2.05, 4.69) is 0 Å². The fourth-order valence-corrected chi connectivity index (χ4v) is 1.60. The van der Waals surface area contributed by atoms with Crippen molar-refractivity contribution in [2.45, 2.75) is 76.5 Å². The summed E-state index contributed by atoms with van der Waals surface area (Å²) in [5.74, 6) is 0. The van der Waals surface area contributed by atoms with Crippen molar-refractivity contribution in [2.24, 2.45) is 0 Å². The summed E-state index contributed by atoms with van der Waals surface area (Å²) in [5.41, 5.74) is 0. The SMILES string of the molecule is CCC(O)C(O)CCC(O)C(O)CCC(C)O. The van der Waals surface area contributed by atoms with Crippen LogP contribution in [0.3, 0.4) is 0 Å². The Balaban J connectivity index is 3.80. The molecule has 0 aliphatic carbocycles. The molecule has 0 aromatic rings. The number of rotatable bonds is 9. The molecule has 0 bridgehead atoms. The second kappa shape index (κ2) is 8.83. The third kappa shape index (κ3) is 7.68. The highest BCUT2D eigenvalue weighted by atomic mass is 16.3. The molecule has 0 fully saturated rings. The molecule has 0 heterocycles. The Labute approximate surface area is 103 Å². The fourth-order valence-electron chi connectivity index (χ4n) is 1.60. The summed E-state index contributed by atoms with van der Waals surface area (Å²) in [6.07, 6.45) is -2.25. The van der Waals surface area contributed by atoms with Gasteiger partial charge in [0.15, 0.2) is 0 Å². The van der Waals surface area contributed by atoms with E-state index in [-0.39, 0.29) is 12.8 Å². The molecule has 5 nitrogen and oxygen atoms in total. The van der Waals surface area contributed by atoms with E-state index >= 15 is 0 Å². The summed E-state index contributed by atoms with van der Waals surface area (Å²) in [5, 5.41) is 47.0. The van der Waals surface area contributed by atoms with Crippen LogP contribution in [-0.2, 0) is 0 Å². The van der Waals surface area contributed by atoms with Crippen molar-refractivity contribution in [1.82, 2.24) is 0 Å². The van der Waals surface area contributed by atoms with Crippen LogP contribution >= 0.6 is 0 Å². The first-order valence-corrected chi connectivity index (χ1v) is 6.28. The van der Waals surface area contributed by atoms with E-state index in [4.69, 9.17) is 5.11 Å². The summed E-state index contributed by atoms with van der Waals surface area (Å²) in [4.78, 5) is 0. The monoisotopic (exact) mass is 250 g/mol. The molecule has 0 aromatic heterocycles. The summed E-state index contributed by atoms with van der Waals surface area (Å²) in [7, 11) is 0. The zero-order valence-corrected chi connectivity index (χ0v) is 10.7. The lowest BCUT2D eigenvalue weighted by Gasteiger charge is -2.21. The first kappa shape index (κ1) is 16.8. The normalized spacial score (nSPS) is 20.6. The summed E-state index contributed by atoms with van der Waals surface area (Å²) >= 11 is 0. The van der Waals surface area contributed by atoms with Crippen molar-refractivity contribution in [3.8, 4) is 0 Å². The van der Waals surface area contributed by atoms with Gasteiger partial charge in [-0.15, -0.1) is 0 Å². The second-order valence-corrected chi connectivity index (χ2v) is 4.68. The quantitative estimate of drug-likeness (QED) is 0.389. The van der Waals surface area contributed by atoms with E-state index in [1.54, 1.807) is 13.8 Å². The summed E-state index contributed by atoms with van der Waals surface area (Å²) in [6.45, 7) is 3.39. The molecule has 104 valence electrons. The molecule has 0 radical (unpaired) electrons. The molecular formula is C12H26O5. The van der Waals surface area contributed by atoms with Crippen LogP contribution in [0, 0.1) is 0 Å². The lowest BCUT2D eigenvalue weighted by atomic mass is 9.98. The fraction of sp³-hybridized carbons (Fsp3) is 1.00. The van der Waals surface area contributed by atoms with E-state index in [0.717, 1.165) is 0 Å². The molecule has 0 saturated heterocycles. The maximum absolute atomic E-state index is 9.61. The molecule has 0 amide bonds. The average molecular weight is 250 g/mol. The van der Waals surface area contributed by atoms with Gasteiger partial charge in [0.05, 0.1) is 30.5 Å². The van der Waals surface area contributed by atoms with Crippen molar-refractivity contribution in [3.63, 3.8) is 0 Å². The molecule has 0 aliphatic rings. The Hall–Kier alpha value is -0.200. The first-order chi connectivity index (χ1) is 7.88. The van der Waals surface area contributed by atoms with Crippen LogP contribution in [0.25, 0.3) is 0 Å². The van der Waals surface area contributed by atoms with E-state index in [1.165, 1.54) is 0 Å². The zero-order valence-electron chi connectivity index (χ0n) is 10.7. The van der Waals surface area contributed by atoms with Gasteiger partial charge in [0, 0.05) is 0 Å². The third-order valence-corrected chi connectivity index (χ3v) is 2.94. The molecular weight excluding hydrogens is 224 g/mol. The number of aliphatic hydroxyl groups excluding tert-OH is 5. The largest absolute Gasteiger partial charge is 0.393 e. The van der Waals surface area contributed by atoms with E-state index < -0.39 is 30.5 Å². The molecule has 5 unspecified atom stereocenters. The van der Waals surface area contributed by atoms with E-state index in [1.807, 2.05) is 0 Å². The van der Waals surface area contributed by atoms with Crippen molar-refractivity contribution in [1.29, 1.82) is 0 Å². The molecule has 0 spiro atoms. The molecule has 0 aliphatic heterocycles. The smallest absolute Gasteiger partial charge is 0.0800 e. The van der Waals surface area contributed by atoms with Crippen LogP contribution in [0.5, 0.6) is 0 Å². The molecule has 0 saturated carbocycles. The van der Waals surface area contributed by atoms with Crippen LogP contribution in [-0.4, -0.2) is 56.1 Å². The highest BCUT2D eigenvalue weighted by Gasteiger charge is 2.20. The highest BCUT2D eigenvalue weighted by molar-refractivity contribution is 4.72. The van der Waals surface area contributed by atoms with Gasteiger partial charge in [0.2, 0.25) is 0 Å². The first-order valence-electron chi connectivity index (χ1n) is 6.28. The van der Waals surface area contributed by atoms with Crippen LogP contribution in [0.1, 0.15) is 46.0 Å². The van der Waals surface area contributed by atoms with Gasteiger partial charge in [-0.05, 0) is 39.0 Å². The maximum atomic E-state index is 9.61. The second-order valence-electron chi connectivity index (χ2n) is 4.68. The van der Waals surface area contributed by atoms with Crippen molar-refractivity contribution >= 4 is 0 Å². The van der Waals surface area contributed by atoms with Gasteiger partial charge >= 0.3 is 0 Å². The Morgan fingerprint density at radius 3 is 1.35 bits per heavy atom. The molecule has 5 atom stereocenters. The van der Waals surface area contributed by atoms with Crippen molar-refractivity contribution < 1.29 is 25.5 Å². The number of aliphatic hydroxyl groups is 5. The maximum Gasteiger partial charge on any atom is 0.0800 e. The standard InChI is InChI=1S/C12H26O5/c1-3-9(14)10(15)6-7-12(17)11(16)5-4-8(2)13/h8-17H,3-7H2,1-2H3. The van der Waals surface area contributed by atoms with Gasteiger partial charge in [0.25, 0.3) is 0 Å². The molecule has 5 N–H and O–H groups in total. The summed E-state index contributed by atoms with van der Waals surface area (Å²) < 4.78 is 0. The van der Waals surface area contributed by atoms with Crippen molar-refractivity contribution in [3.05, 3.63) is 0 Å². The van der Waals surface area contributed by atoms with Crippen LogP contribution in [0.15, 0.2) is 0 Å². The Bertz CT molecular complexity index is 186. The van der Waals surface area contributed by atoms with Crippen LogP contribution < -0.4 is 0 Å². The predicted molar refractivity (Wildman–Crippen MR) is 64.5 cm³/mol. The summed E-state index contributed by atoms with van der Waals surface area (Å²) in [6, 6.07) is 0. The minimum Gasteiger partial charge on any atom is -0.393 e. The molecule has 0 aromatic carbocycles. The average Bonchev–Trinajstić information content (AvgIpc) is 2.31. The topological polar surface area (TPSA) is 101 Å². The number of hydrogen-bond donors (Lipinski definition) is 5.